The number of carbonyl (C=O) groups excluding carboxylic acids is 1. The highest BCUT2D eigenvalue weighted by Gasteiger charge is 2.26. The van der Waals surface area contributed by atoms with Gasteiger partial charge in [0.15, 0.2) is 5.69 Å². The number of aryl methyl sites for hydroxylation is 1. The molecule has 1 saturated heterocycles. The largest absolute Gasteiger partial charge is 0.379 e. The fraction of sp³-hybridized carbons (Fsp3) is 0.375. The summed E-state index contributed by atoms with van der Waals surface area (Å²) in [6, 6.07) is 7.76. The second-order valence-corrected chi connectivity index (χ2v) is 7.49. The first-order valence-electron chi connectivity index (χ1n) is 8.03. The second-order valence-electron chi connectivity index (χ2n) is 5.55. The third-order valence-electron chi connectivity index (χ3n) is 3.92. The van der Waals surface area contributed by atoms with E-state index in [1.807, 2.05) is 6.92 Å². The van der Waals surface area contributed by atoms with E-state index in [1.165, 1.54) is 16.4 Å². The van der Waals surface area contributed by atoms with Crippen LogP contribution in [0, 0.1) is 0 Å². The lowest BCUT2D eigenvalue weighted by atomic mass is 10.3. The number of nitrogens with one attached hydrogen (secondary N) is 1. The standard InChI is InChI=1S/C16H20N4O4S/c1-2-19-8-7-15(18-19)16(21)17-13-3-5-14(6-4-13)25(22,23)20-9-11-24-12-10-20/h3-8H,2,9-12H2,1H3,(H,17,21). The van der Waals surface area contributed by atoms with Gasteiger partial charge in [-0.1, -0.05) is 0 Å². The average molecular weight is 364 g/mol. The molecule has 1 aliphatic rings. The van der Waals surface area contributed by atoms with Crippen molar-refractivity contribution in [2.24, 2.45) is 0 Å². The number of hydrogen-bond acceptors (Lipinski definition) is 5. The molecular weight excluding hydrogens is 344 g/mol. The minimum atomic E-state index is -3.53. The Morgan fingerprint density at radius 3 is 2.48 bits per heavy atom. The Labute approximate surface area is 146 Å². The first kappa shape index (κ1) is 17.6. The monoisotopic (exact) mass is 364 g/mol. The number of amides is 1. The van der Waals surface area contributed by atoms with E-state index in [-0.39, 0.29) is 10.8 Å². The molecule has 9 heteroatoms. The Morgan fingerprint density at radius 2 is 1.88 bits per heavy atom. The zero-order valence-corrected chi connectivity index (χ0v) is 14.7. The van der Waals surface area contributed by atoms with Crippen molar-refractivity contribution in [1.82, 2.24) is 14.1 Å². The summed E-state index contributed by atoms with van der Waals surface area (Å²) in [5.41, 5.74) is 0.823. The van der Waals surface area contributed by atoms with Gasteiger partial charge in [-0.2, -0.15) is 9.40 Å². The minimum absolute atomic E-state index is 0.197. The van der Waals surface area contributed by atoms with Crippen LogP contribution in [-0.4, -0.2) is 54.7 Å². The summed E-state index contributed by atoms with van der Waals surface area (Å²) in [5, 5.41) is 6.84. The van der Waals surface area contributed by atoms with E-state index >= 15 is 0 Å². The molecule has 1 aromatic carbocycles. The van der Waals surface area contributed by atoms with Gasteiger partial charge < -0.3 is 10.1 Å². The molecule has 8 nitrogen and oxygen atoms in total. The highest BCUT2D eigenvalue weighted by Crippen LogP contribution is 2.19. The molecule has 2 heterocycles. The Bertz CT molecular complexity index is 839. The Morgan fingerprint density at radius 1 is 1.20 bits per heavy atom. The third-order valence-corrected chi connectivity index (χ3v) is 5.83. The van der Waals surface area contributed by atoms with E-state index < -0.39 is 10.0 Å². The lowest BCUT2D eigenvalue weighted by molar-refractivity contribution is 0.0730. The zero-order valence-electron chi connectivity index (χ0n) is 13.9. The third kappa shape index (κ3) is 3.89. The molecule has 1 fully saturated rings. The molecule has 1 amide bonds. The number of hydrogen-bond donors (Lipinski definition) is 1. The summed E-state index contributed by atoms with van der Waals surface area (Å²) in [4.78, 5) is 12.3. The molecule has 0 aliphatic carbocycles. The molecule has 1 N–H and O–H groups in total. The van der Waals surface area contributed by atoms with Crippen molar-refractivity contribution in [2.75, 3.05) is 31.6 Å². The highest BCUT2D eigenvalue weighted by molar-refractivity contribution is 7.89. The van der Waals surface area contributed by atoms with Gasteiger partial charge in [0.05, 0.1) is 18.1 Å². The first-order valence-corrected chi connectivity index (χ1v) is 9.47. The molecule has 0 bridgehead atoms. The Kier molecular flexibility index (Phi) is 5.16. The molecule has 0 atom stereocenters. The van der Waals surface area contributed by atoms with Crippen LogP contribution in [-0.2, 0) is 21.3 Å². The average Bonchev–Trinajstić information content (AvgIpc) is 3.12. The van der Waals surface area contributed by atoms with Gasteiger partial charge in [0, 0.05) is 31.5 Å². The van der Waals surface area contributed by atoms with E-state index in [0.29, 0.717) is 44.2 Å². The summed E-state index contributed by atoms with van der Waals surface area (Å²) >= 11 is 0. The van der Waals surface area contributed by atoms with Crippen LogP contribution in [0.2, 0.25) is 0 Å². The number of carbonyl (C=O) groups is 1. The summed E-state index contributed by atoms with van der Waals surface area (Å²) in [7, 11) is -3.53. The van der Waals surface area contributed by atoms with Gasteiger partial charge in [-0.25, -0.2) is 8.42 Å². The number of ether oxygens (including phenoxy) is 1. The van der Waals surface area contributed by atoms with Crippen LogP contribution in [0.1, 0.15) is 17.4 Å². The van der Waals surface area contributed by atoms with Gasteiger partial charge in [0.1, 0.15) is 0 Å². The number of nitrogens with zero attached hydrogens (tertiary/aromatic N) is 3. The maximum Gasteiger partial charge on any atom is 0.276 e. The second kappa shape index (κ2) is 7.34. The molecule has 1 aromatic heterocycles. The molecule has 25 heavy (non-hydrogen) atoms. The van der Waals surface area contributed by atoms with Crippen molar-refractivity contribution in [3.63, 3.8) is 0 Å². The van der Waals surface area contributed by atoms with Crippen LogP contribution in [0.25, 0.3) is 0 Å². The van der Waals surface area contributed by atoms with Crippen LogP contribution >= 0.6 is 0 Å². The number of rotatable bonds is 5. The van der Waals surface area contributed by atoms with E-state index in [0.717, 1.165) is 0 Å². The molecule has 0 spiro atoms. The van der Waals surface area contributed by atoms with E-state index in [4.69, 9.17) is 4.74 Å². The fourth-order valence-corrected chi connectivity index (χ4v) is 3.91. The summed E-state index contributed by atoms with van der Waals surface area (Å²) in [6.45, 7) is 4.11. The maximum atomic E-state index is 12.5. The highest BCUT2D eigenvalue weighted by atomic mass is 32.2. The number of anilines is 1. The van der Waals surface area contributed by atoms with Gasteiger partial charge in [-0.05, 0) is 37.3 Å². The van der Waals surface area contributed by atoms with Crippen LogP contribution in [0.3, 0.4) is 0 Å². The van der Waals surface area contributed by atoms with Crippen LogP contribution in [0.5, 0.6) is 0 Å². The predicted octanol–water partition coefficient (Wildman–Crippen LogP) is 1.18. The van der Waals surface area contributed by atoms with Crippen molar-refractivity contribution in [2.45, 2.75) is 18.4 Å². The van der Waals surface area contributed by atoms with Crippen LogP contribution in [0.15, 0.2) is 41.4 Å². The lowest BCUT2D eigenvalue weighted by Crippen LogP contribution is -2.40. The van der Waals surface area contributed by atoms with E-state index in [2.05, 4.69) is 10.4 Å². The van der Waals surface area contributed by atoms with Crippen molar-refractivity contribution < 1.29 is 17.9 Å². The number of sulfonamides is 1. The molecule has 0 unspecified atom stereocenters. The SMILES string of the molecule is CCn1ccc(C(=O)Nc2ccc(S(=O)(=O)N3CCOCC3)cc2)n1. The minimum Gasteiger partial charge on any atom is -0.379 e. The van der Waals surface area contributed by atoms with Gasteiger partial charge in [-0.15, -0.1) is 0 Å². The quantitative estimate of drug-likeness (QED) is 0.860. The number of aromatic nitrogens is 2. The molecule has 0 radical (unpaired) electrons. The van der Waals surface area contributed by atoms with Gasteiger partial charge in [-0.3, -0.25) is 9.48 Å². The normalized spacial score (nSPS) is 15.9. The molecule has 0 saturated carbocycles. The maximum absolute atomic E-state index is 12.5. The molecular formula is C16H20N4O4S. The molecule has 1 aliphatic heterocycles. The summed E-state index contributed by atoms with van der Waals surface area (Å²) in [6.07, 6.45) is 1.73. The predicted molar refractivity (Wildman–Crippen MR) is 91.9 cm³/mol. The topological polar surface area (TPSA) is 93.5 Å². The Balaban J connectivity index is 1.70. The van der Waals surface area contributed by atoms with Gasteiger partial charge >= 0.3 is 0 Å². The summed E-state index contributed by atoms with van der Waals surface area (Å²) < 4.78 is 33.3. The lowest BCUT2D eigenvalue weighted by Gasteiger charge is -2.26. The number of morpholine rings is 1. The van der Waals surface area contributed by atoms with Crippen LogP contribution in [0.4, 0.5) is 5.69 Å². The van der Waals surface area contributed by atoms with E-state index in [1.54, 1.807) is 29.1 Å². The summed E-state index contributed by atoms with van der Waals surface area (Å²) in [5.74, 6) is -0.337. The van der Waals surface area contributed by atoms with Crippen molar-refractivity contribution >= 4 is 21.6 Å². The molecule has 3 rings (SSSR count). The van der Waals surface area contributed by atoms with Crippen LogP contribution < -0.4 is 5.32 Å². The van der Waals surface area contributed by atoms with Crippen molar-refractivity contribution in [3.8, 4) is 0 Å². The molecule has 2 aromatic rings. The molecule has 134 valence electrons. The van der Waals surface area contributed by atoms with Crippen molar-refractivity contribution in [3.05, 3.63) is 42.2 Å². The smallest absolute Gasteiger partial charge is 0.276 e. The first-order chi connectivity index (χ1) is 12.0. The zero-order chi connectivity index (χ0) is 17.9. The van der Waals surface area contributed by atoms with Crippen molar-refractivity contribution in [1.29, 1.82) is 0 Å². The number of benzene rings is 1. The Hall–Kier alpha value is -2.23. The van der Waals surface area contributed by atoms with Gasteiger partial charge in [0.2, 0.25) is 10.0 Å². The van der Waals surface area contributed by atoms with E-state index in [9.17, 15) is 13.2 Å². The fourth-order valence-electron chi connectivity index (χ4n) is 2.50. The van der Waals surface area contributed by atoms with Gasteiger partial charge in [0.25, 0.3) is 5.91 Å².